The molecule has 2 fully saturated rings. The number of likely N-dealkylation sites (N-methyl/N-ethyl adjacent to an activating group) is 2. The minimum absolute atomic E-state index is 0.186. The molecule has 0 radical (unpaired) electrons. The lowest BCUT2D eigenvalue weighted by molar-refractivity contribution is -0.119. The maximum atomic E-state index is 14.9. The molecule has 2 aliphatic heterocycles. The molecule has 0 aliphatic carbocycles. The van der Waals surface area contributed by atoms with Crippen LogP contribution in [0.15, 0.2) is 18.2 Å². The monoisotopic (exact) mass is 393 g/mol. The highest BCUT2D eigenvalue weighted by Crippen LogP contribution is 2.28. The lowest BCUT2D eigenvalue weighted by Gasteiger charge is -2.27. The summed E-state index contributed by atoms with van der Waals surface area (Å²) in [5, 5.41) is 7.04. The fourth-order valence-electron chi connectivity index (χ4n) is 3.58. The van der Waals surface area contributed by atoms with Crippen molar-refractivity contribution in [2.45, 2.75) is 20.0 Å². The van der Waals surface area contributed by atoms with E-state index in [0.717, 1.165) is 32.7 Å². The van der Waals surface area contributed by atoms with Crippen LogP contribution in [0.2, 0.25) is 0 Å². The van der Waals surface area contributed by atoms with E-state index in [-0.39, 0.29) is 24.8 Å². The fraction of sp³-hybridized carbons (Fsp3) is 0.579. The first-order chi connectivity index (χ1) is 13.4. The van der Waals surface area contributed by atoms with E-state index >= 15 is 0 Å². The van der Waals surface area contributed by atoms with Crippen LogP contribution in [0.1, 0.15) is 13.8 Å². The summed E-state index contributed by atoms with van der Waals surface area (Å²) < 4.78 is 20.1. The van der Waals surface area contributed by atoms with Crippen molar-refractivity contribution < 1.29 is 18.7 Å². The highest BCUT2D eigenvalue weighted by Gasteiger charge is 2.33. The topological polar surface area (TPSA) is 68.4 Å². The van der Waals surface area contributed by atoms with Gasteiger partial charge in [0.2, 0.25) is 5.91 Å². The Hall–Kier alpha value is -2.39. The minimum atomic E-state index is -0.530. The van der Waals surface area contributed by atoms with Crippen LogP contribution in [-0.2, 0) is 9.53 Å². The Morgan fingerprint density at radius 3 is 2.71 bits per heavy atom. The number of hydrogen-bond donors (Lipinski definition) is 1. The maximum absolute atomic E-state index is 14.9. The number of nitrogens with one attached hydrogen (secondary N) is 1. The third-order valence-corrected chi connectivity index (χ3v) is 5.21. The number of carbonyl (C=O) groups excluding carboxylic acids is 2. The van der Waals surface area contributed by atoms with Gasteiger partial charge < -0.3 is 15.0 Å². The average Bonchev–Trinajstić information content (AvgIpc) is 2.93. The van der Waals surface area contributed by atoms with Crippen molar-refractivity contribution in [3.05, 3.63) is 24.0 Å². The van der Waals surface area contributed by atoms with E-state index in [9.17, 15) is 14.0 Å². The van der Waals surface area contributed by atoms with Crippen LogP contribution < -0.4 is 15.1 Å². The third-order valence-electron chi connectivity index (χ3n) is 5.21. The Balaban J connectivity index is 1.69. The number of rotatable bonds is 5. The van der Waals surface area contributed by atoms with Crippen molar-refractivity contribution in [2.75, 3.05) is 62.7 Å². The molecule has 1 aromatic rings. The van der Waals surface area contributed by atoms with Gasteiger partial charge in [-0.15, -0.1) is 0 Å². The van der Waals surface area contributed by atoms with E-state index in [1.165, 1.54) is 17.9 Å². The second-order valence-electron chi connectivity index (χ2n) is 7.10. The number of nitrogens with zero attached hydrogens (tertiary/aromatic N) is 4. The molecule has 1 aromatic carbocycles. The van der Waals surface area contributed by atoms with Crippen molar-refractivity contribution in [3.63, 3.8) is 0 Å². The Morgan fingerprint density at radius 2 is 2.04 bits per heavy atom. The fourth-order valence-corrected chi connectivity index (χ4v) is 3.58. The lowest BCUT2D eigenvalue weighted by atomic mass is 10.2. The van der Waals surface area contributed by atoms with Crippen LogP contribution in [0.5, 0.6) is 0 Å². The molecular weight excluding hydrogens is 365 g/mol. The number of ether oxygens (including phenoxy) is 1. The van der Waals surface area contributed by atoms with Crippen LogP contribution in [0.3, 0.4) is 0 Å². The van der Waals surface area contributed by atoms with E-state index in [2.05, 4.69) is 22.3 Å². The Morgan fingerprint density at radius 1 is 1.29 bits per heavy atom. The molecule has 2 saturated heterocycles. The first kappa shape index (κ1) is 20.3. The second-order valence-corrected chi connectivity index (χ2v) is 7.10. The molecule has 0 bridgehead atoms. The molecule has 154 valence electrons. The van der Waals surface area contributed by atoms with E-state index in [4.69, 9.17) is 4.74 Å². The van der Waals surface area contributed by atoms with Gasteiger partial charge >= 0.3 is 6.09 Å². The molecule has 2 heterocycles. The summed E-state index contributed by atoms with van der Waals surface area (Å²) in [6.07, 6.45) is -0.974. The number of cyclic esters (lactones) is 1. The zero-order valence-corrected chi connectivity index (χ0v) is 16.7. The smallest absolute Gasteiger partial charge is 0.414 e. The van der Waals surface area contributed by atoms with Gasteiger partial charge in [-0.1, -0.05) is 6.92 Å². The van der Waals surface area contributed by atoms with Gasteiger partial charge in [0.15, 0.2) is 0 Å². The van der Waals surface area contributed by atoms with Gasteiger partial charge in [0, 0.05) is 46.7 Å². The zero-order valence-electron chi connectivity index (χ0n) is 16.7. The molecule has 3 rings (SSSR count). The van der Waals surface area contributed by atoms with E-state index < -0.39 is 12.2 Å². The summed E-state index contributed by atoms with van der Waals surface area (Å²) >= 11 is 0. The Bertz CT molecular complexity index is 732. The van der Waals surface area contributed by atoms with Crippen LogP contribution in [0.4, 0.5) is 20.6 Å². The quantitative estimate of drug-likeness (QED) is 0.813. The van der Waals surface area contributed by atoms with Gasteiger partial charge in [-0.3, -0.25) is 9.69 Å². The highest BCUT2D eigenvalue weighted by molar-refractivity contribution is 5.90. The largest absolute Gasteiger partial charge is 0.442 e. The van der Waals surface area contributed by atoms with Crippen LogP contribution in [-0.4, -0.2) is 81.0 Å². The third kappa shape index (κ3) is 4.53. The lowest BCUT2D eigenvalue weighted by Crippen LogP contribution is -2.40. The van der Waals surface area contributed by atoms with E-state index in [0.29, 0.717) is 11.4 Å². The van der Waals surface area contributed by atoms with Crippen molar-refractivity contribution in [1.29, 1.82) is 0 Å². The average molecular weight is 393 g/mol. The summed E-state index contributed by atoms with van der Waals surface area (Å²) in [6.45, 7) is 8.06. The molecule has 0 aromatic heterocycles. The molecular formula is C19H28FN5O3. The number of halogens is 1. The van der Waals surface area contributed by atoms with Crippen molar-refractivity contribution >= 4 is 23.4 Å². The molecule has 0 unspecified atom stereocenters. The number of anilines is 2. The van der Waals surface area contributed by atoms with E-state index in [1.54, 1.807) is 12.1 Å². The summed E-state index contributed by atoms with van der Waals surface area (Å²) in [5.74, 6) is -0.544. The number of benzene rings is 1. The van der Waals surface area contributed by atoms with E-state index in [1.807, 2.05) is 11.9 Å². The number of carbonyl (C=O) groups is 2. The summed E-state index contributed by atoms with van der Waals surface area (Å²) in [4.78, 5) is 26.6. The molecule has 28 heavy (non-hydrogen) atoms. The molecule has 2 aliphatic rings. The minimum Gasteiger partial charge on any atom is -0.442 e. The molecule has 9 heteroatoms. The highest BCUT2D eigenvalue weighted by atomic mass is 19.1. The first-order valence-electron chi connectivity index (χ1n) is 9.62. The van der Waals surface area contributed by atoms with Gasteiger partial charge in [-0.2, -0.15) is 0 Å². The van der Waals surface area contributed by atoms with Crippen LogP contribution >= 0.6 is 0 Å². The summed E-state index contributed by atoms with van der Waals surface area (Å²) in [6, 6.07) is 4.84. The van der Waals surface area contributed by atoms with Crippen molar-refractivity contribution in [1.82, 2.24) is 15.3 Å². The second kappa shape index (κ2) is 8.74. The molecule has 0 saturated carbocycles. The normalized spacial score (nSPS) is 21.6. The number of hydrazine groups is 1. The first-order valence-corrected chi connectivity index (χ1v) is 9.62. The predicted octanol–water partition coefficient (Wildman–Crippen LogP) is 1.28. The number of hydrogen-bond acceptors (Lipinski definition) is 6. The Kier molecular flexibility index (Phi) is 6.35. The Labute approximate surface area is 164 Å². The maximum Gasteiger partial charge on any atom is 0.414 e. The van der Waals surface area contributed by atoms with Gasteiger partial charge in [0.1, 0.15) is 11.9 Å². The predicted molar refractivity (Wildman–Crippen MR) is 105 cm³/mol. The van der Waals surface area contributed by atoms with Crippen LogP contribution in [0.25, 0.3) is 0 Å². The van der Waals surface area contributed by atoms with Gasteiger partial charge in [-0.05, 0) is 18.2 Å². The summed E-state index contributed by atoms with van der Waals surface area (Å²) in [7, 11) is 2.04. The van der Waals surface area contributed by atoms with Gasteiger partial charge in [0.25, 0.3) is 0 Å². The molecule has 8 nitrogen and oxygen atoms in total. The van der Waals surface area contributed by atoms with Gasteiger partial charge in [0.05, 0.1) is 24.5 Å². The zero-order chi connectivity index (χ0) is 20.3. The van der Waals surface area contributed by atoms with Crippen LogP contribution in [0, 0.1) is 5.82 Å². The SMILES string of the molecule is CCN1CCN(c2ccc(N3C[C@H](CNC(C)=O)OC3=O)cc2F)CCN1C. The molecule has 2 amide bonds. The standard InChI is InChI=1S/C19H28FN5O3/c1-4-24-10-9-23(8-7-22(24)3)18-6-5-15(11-17(18)20)25-13-16(28-19(25)27)12-21-14(2)26/h5-6,11,16H,4,7-10,12-13H2,1-3H3,(H,21,26)/t16-/m0/s1. The molecule has 1 N–H and O–H groups in total. The van der Waals surface area contributed by atoms with Gasteiger partial charge in [-0.25, -0.2) is 19.2 Å². The molecule has 1 atom stereocenters. The summed E-state index contributed by atoms with van der Waals surface area (Å²) in [5.41, 5.74) is 0.996. The van der Waals surface area contributed by atoms with Crippen molar-refractivity contribution in [2.24, 2.45) is 0 Å². The molecule has 0 spiro atoms. The van der Waals surface area contributed by atoms with Crippen molar-refractivity contribution in [3.8, 4) is 0 Å². The number of amides is 2.